The van der Waals surface area contributed by atoms with Crippen LogP contribution >= 0.6 is 0 Å². The van der Waals surface area contributed by atoms with E-state index >= 15 is 0 Å². The molecule has 2 saturated heterocycles. The van der Waals surface area contributed by atoms with Crippen LogP contribution in [-0.2, 0) is 11.3 Å². The number of hydrogen-bond acceptors (Lipinski definition) is 6. The van der Waals surface area contributed by atoms with Crippen molar-refractivity contribution in [3.8, 4) is 5.82 Å². The average molecular weight is 373 g/mol. The number of ether oxygens (including phenoxy) is 1. The highest BCUT2D eigenvalue weighted by molar-refractivity contribution is 5.17. The van der Waals surface area contributed by atoms with Crippen LogP contribution in [0.25, 0.3) is 5.82 Å². The third kappa shape index (κ3) is 4.45. The van der Waals surface area contributed by atoms with Gasteiger partial charge >= 0.3 is 0 Å². The molecule has 0 aliphatic carbocycles. The van der Waals surface area contributed by atoms with E-state index in [0.717, 1.165) is 32.5 Å². The lowest BCUT2D eigenvalue weighted by molar-refractivity contribution is -0.0832. The number of piperidine rings is 1. The van der Waals surface area contributed by atoms with Gasteiger partial charge in [0.25, 0.3) is 5.56 Å². The zero-order chi connectivity index (χ0) is 18.7. The van der Waals surface area contributed by atoms with Gasteiger partial charge in [-0.1, -0.05) is 0 Å². The summed E-state index contributed by atoms with van der Waals surface area (Å²) in [5.74, 6) is 1.07. The van der Waals surface area contributed by atoms with Gasteiger partial charge in [0.15, 0.2) is 5.82 Å². The Bertz CT molecular complexity index is 790. The first-order chi connectivity index (χ1) is 13.1. The van der Waals surface area contributed by atoms with Crippen LogP contribution in [0.5, 0.6) is 0 Å². The molecule has 4 heterocycles. The quantitative estimate of drug-likeness (QED) is 0.830. The van der Waals surface area contributed by atoms with Crippen molar-refractivity contribution in [3.63, 3.8) is 0 Å². The van der Waals surface area contributed by atoms with Crippen molar-refractivity contribution in [3.05, 3.63) is 40.9 Å². The zero-order valence-electron chi connectivity index (χ0n) is 15.5. The van der Waals surface area contributed by atoms with E-state index in [2.05, 4.69) is 15.1 Å². The van der Waals surface area contributed by atoms with E-state index < -0.39 is 5.60 Å². The summed E-state index contributed by atoms with van der Waals surface area (Å²) >= 11 is 0. The summed E-state index contributed by atoms with van der Waals surface area (Å²) < 4.78 is 8.58. The molecule has 2 aromatic rings. The number of aromatic nitrogens is 4. The molecular formula is C19H27N5O3. The molecule has 27 heavy (non-hydrogen) atoms. The molecule has 8 nitrogen and oxygen atoms in total. The monoisotopic (exact) mass is 373 g/mol. The molecule has 0 atom stereocenters. The molecule has 2 aromatic heterocycles. The summed E-state index contributed by atoms with van der Waals surface area (Å²) in [4.78, 5) is 14.5. The Labute approximate surface area is 158 Å². The summed E-state index contributed by atoms with van der Waals surface area (Å²) in [6, 6.07) is 5.09. The van der Waals surface area contributed by atoms with Crippen LogP contribution < -0.4 is 5.56 Å². The van der Waals surface area contributed by atoms with Crippen molar-refractivity contribution >= 4 is 0 Å². The Kier molecular flexibility index (Phi) is 5.38. The number of β-amino-alcohol motifs (C(OH)–C–C–N with tert-alkyl or cyclic N) is 1. The number of likely N-dealkylation sites (tertiary alicyclic amines) is 1. The van der Waals surface area contributed by atoms with Crippen LogP contribution in [0.3, 0.4) is 0 Å². The lowest BCUT2D eigenvalue weighted by atomic mass is 9.91. The van der Waals surface area contributed by atoms with Crippen LogP contribution in [0.1, 0.15) is 25.7 Å². The molecule has 0 radical (unpaired) electrons. The molecule has 0 saturated carbocycles. The van der Waals surface area contributed by atoms with Gasteiger partial charge in [0.1, 0.15) is 0 Å². The number of nitrogens with zero attached hydrogens (tertiary/aromatic N) is 5. The topological polar surface area (TPSA) is 85.4 Å². The molecule has 4 rings (SSSR count). The van der Waals surface area contributed by atoms with Crippen molar-refractivity contribution in [1.82, 2.24) is 24.5 Å². The minimum absolute atomic E-state index is 0.0788. The van der Waals surface area contributed by atoms with E-state index in [4.69, 9.17) is 4.74 Å². The van der Waals surface area contributed by atoms with E-state index in [1.165, 1.54) is 0 Å². The second-order valence-corrected chi connectivity index (χ2v) is 7.72. The van der Waals surface area contributed by atoms with E-state index in [0.29, 0.717) is 44.3 Å². The van der Waals surface area contributed by atoms with Gasteiger partial charge in [-0.3, -0.25) is 4.79 Å². The van der Waals surface area contributed by atoms with E-state index in [1.54, 1.807) is 27.7 Å². The molecule has 2 aliphatic rings. The molecule has 2 fully saturated rings. The van der Waals surface area contributed by atoms with Crippen LogP contribution in [0.4, 0.5) is 0 Å². The Morgan fingerprint density at radius 1 is 1.22 bits per heavy atom. The van der Waals surface area contributed by atoms with Gasteiger partial charge in [0, 0.05) is 57.6 Å². The van der Waals surface area contributed by atoms with Crippen molar-refractivity contribution < 1.29 is 9.84 Å². The third-order valence-electron chi connectivity index (χ3n) is 5.67. The predicted molar refractivity (Wildman–Crippen MR) is 99.8 cm³/mol. The van der Waals surface area contributed by atoms with Gasteiger partial charge in [0.05, 0.1) is 5.60 Å². The summed E-state index contributed by atoms with van der Waals surface area (Å²) in [6.45, 7) is 4.53. The SMILES string of the molecule is O=c1ccc(-n2cccn2)nn1CC1CCN(CC2(O)CCOCC2)CC1. The maximum Gasteiger partial charge on any atom is 0.266 e. The van der Waals surface area contributed by atoms with Crippen LogP contribution in [-0.4, -0.2) is 68.0 Å². The standard InChI is InChI=1S/C19H27N5O3/c25-18-3-2-17(23-9-1-8-20-23)21-24(18)14-16-4-10-22(11-5-16)15-19(26)6-12-27-13-7-19/h1-3,8-9,16,26H,4-7,10-15H2. The molecule has 0 unspecified atom stereocenters. The Balaban J connectivity index is 1.34. The Morgan fingerprint density at radius 3 is 2.70 bits per heavy atom. The zero-order valence-corrected chi connectivity index (χ0v) is 15.5. The maximum atomic E-state index is 12.2. The molecule has 2 aliphatic heterocycles. The average Bonchev–Trinajstić information content (AvgIpc) is 3.20. The fraction of sp³-hybridized carbons (Fsp3) is 0.632. The number of rotatable bonds is 5. The van der Waals surface area contributed by atoms with E-state index in [9.17, 15) is 9.90 Å². The summed E-state index contributed by atoms with van der Waals surface area (Å²) in [7, 11) is 0. The highest BCUT2D eigenvalue weighted by atomic mass is 16.5. The minimum Gasteiger partial charge on any atom is -0.388 e. The number of aliphatic hydroxyl groups is 1. The van der Waals surface area contributed by atoms with Crippen molar-refractivity contribution in [2.24, 2.45) is 5.92 Å². The second kappa shape index (κ2) is 7.92. The van der Waals surface area contributed by atoms with Gasteiger partial charge in [0.2, 0.25) is 0 Å². The van der Waals surface area contributed by atoms with E-state index in [1.807, 2.05) is 12.3 Å². The van der Waals surface area contributed by atoms with Crippen LogP contribution in [0, 0.1) is 5.92 Å². The number of hydrogen-bond donors (Lipinski definition) is 1. The highest BCUT2D eigenvalue weighted by Gasteiger charge is 2.33. The lowest BCUT2D eigenvalue weighted by Crippen LogP contribution is -2.49. The normalized spacial score (nSPS) is 21.4. The molecule has 0 bridgehead atoms. The molecule has 1 N–H and O–H groups in total. The summed E-state index contributed by atoms with van der Waals surface area (Å²) in [6.07, 6.45) is 6.95. The van der Waals surface area contributed by atoms with Gasteiger partial charge in [-0.05, 0) is 44.0 Å². The second-order valence-electron chi connectivity index (χ2n) is 7.72. The Morgan fingerprint density at radius 2 is 2.00 bits per heavy atom. The first-order valence-corrected chi connectivity index (χ1v) is 9.72. The molecule has 0 spiro atoms. The summed E-state index contributed by atoms with van der Waals surface area (Å²) in [5.41, 5.74) is -0.688. The fourth-order valence-electron chi connectivity index (χ4n) is 3.99. The first kappa shape index (κ1) is 18.3. The predicted octanol–water partition coefficient (Wildman–Crippen LogP) is 0.682. The smallest absolute Gasteiger partial charge is 0.266 e. The van der Waals surface area contributed by atoms with Crippen molar-refractivity contribution in [2.75, 3.05) is 32.8 Å². The van der Waals surface area contributed by atoms with Gasteiger partial charge < -0.3 is 14.7 Å². The molecule has 0 aromatic carbocycles. The van der Waals surface area contributed by atoms with E-state index in [-0.39, 0.29) is 5.56 Å². The van der Waals surface area contributed by atoms with Crippen molar-refractivity contribution in [1.29, 1.82) is 0 Å². The molecular weight excluding hydrogens is 346 g/mol. The van der Waals surface area contributed by atoms with Gasteiger partial charge in [-0.2, -0.15) is 5.10 Å². The van der Waals surface area contributed by atoms with Gasteiger partial charge in [-0.25, -0.2) is 9.36 Å². The largest absolute Gasteiger partial charge is 0.388 e. The molecule has 0 amide bonds. The Hall–Kier alpha value is -2.03. The van der Waals surface area contributed by atoms with Crippen LogP contribution in [0.15, 0.2) is 35.4 Å². The molecule has 146 valence electrons. The first-order valence-electron chi connectivity index (χ1n) is 9.72. The van der Waals surface area contributed by atoms with Gasteiger partial charge in [-0.15, -0.1) is 5.10 Å². The third-order valence-corrected chi connectivity index (χ3v) is 5.67. The lowest BCUT2D eigenvalue weighted by Gasteiger charge is -2.39. The summed E-state index contributed by atoms with van der Waals surface area (Å²) in [5, 5.41) is 19.3. The fourth-order valence-corrected chi connectivity index (χ4v) is 3.99. The molecule has 8 heteroatoms. The maximum absolute atomic E-state index is 12.2. The minimum atomic E-state index is -0.609. The highest BCUT2D eigenvalue weighted by Crippen LogP contribution is 2.25. The van der Waals surface area contributed by atoms with Crippen molar-refractivity contribution in [2.45, 2.75) is 37.8 Å². The van der Waals surface area contributed by atoms with Crippen LogP contribution in [0.2, 0.25) is 0 Å².